The Kier molecular flexibility index (Phi) is 3.86. The number of halogens is 1. The monoisotopic (exact) mass is 384 g/mol. The Bertz CT molecular complexity index is 875. The van der Waals surface area contributed by atoms with Crippen LogP contribution in [0.5, 0.6) is 0 Å². The molecule has 2 aromatic heterocycles. The van der Waals surface area contributed by atoms with Crippen molar-refractivity contribution in [3.63, 3.8) is 0 Å². The van der Waals surface area contributed by atoms with Crippen LogP contribution >= 0.6 is 15.9 Å². The number of amides is 1. The molecule has 3 heterocycles. The molecule has 1 aliphatic rings. The summed E-state index contributed by atoms with van der Waals surface area (Å²) in [7, 11) is 0. The molecule has 24 heavy (non-hydrogen) atoms. The van der Waals surface area contributed by atoms with Crippen molar-refractivity contribution < 1.29 is 9.32 Å². The molecule has 1 aliphatic heterocycles. The summed E-state index contributed by atoms with van der Waals surface area (Å²) < 4.78 is 6.14. The minimum absolute atomic E-state index is 0.0390. The predicted molar refractivity (Wildman–Crippen MR) is 90.3 cm³/mol. The van der Waals surface area contributed by atoms with Gasteiger partial charge in [0.25, 0.3) is 5.91 Å². The molecule has 6 nitrogen and oxygen atoms in total. The molecule has 0 atom stereocenters. The first-order valence-electron chi connectivity index (χ1n) is 7.49. The molecule has 1 fully saturated rings. The summed E-state index contributed by atoms with van der Waals surface area (Å²) in [4.78, 5) is 22.6. The lowest BCUT2D eigenvalue weighted by Gasteiger charge is -2.37. The van der Waals surface area contributed by atoms with E-state index in [9.17, 15) is 4.79 Å². The number of hydrogen-bond donors (Lipinski definition) is 0. The second-order valence-corrected chi connectivity index (χ2v) is 6.54. The van der Waals surface area contributed by atoms with E-state index in [0.717, 1.165) is 10.0 Å². The summed E-state index contributed by atoms with van der Waals surface area (Å²) in [6.07, 6.45) is 3.22. The van der Waals surface area contributed by atoms with Gasteiger partial charge >= 0.3 is 0 Å². The Morgan fingerprint density at radius 3 is 2.75 bits per heavy atom. The number of carbonyl (C=O) groups excluding carboxylic acids is 1. The predicted octanol–water partition coefficient (Wildman–Crippen LogP) is 3.13. The van der Waals surface area contributed by atoms with Crippen molar-refractivity contribution in [1.82, 2.24) is 20.0 Å². The first-order chi connectivity index (χ1) is 11.7. The summed E-state index contributed by atoms with van der Waals surface area (Å²) in [5, 5.41) is 4.02. The fourth-order valence-electron chi connectivity index (χ4n) is 2.62. The van der Waals surface area contributed by atoms with Gasteiger partial charge in [-0.1, -0.05) is 35.5 Å². The van der Waals surface area contributed by atoms with Gasteiger partial charge in [0, 0.05) is 35.5 Å². The molecule has 0 radical (unpaired) electrons. The van der Waals surface area contributed by atoms with Crippen LogP contribution in [-0.4, -0.2) is 39.0 Å². The van der Waals surface area contributed by atoms with Crippen molar-refractivity contribution in [1.29, 1.82) is 0 Å². The van der Waals surface area contributed by atoms with E-state index in [2.05, 4.69) is 31.1 Å². The number of hydrogen-bond acceptors (Lipinski definition) is 5. The molecule has 1 aromatic carbocycles. The molecule has 0 spiro atoms. The minimum atomic E-state index is -0.0390. The molecule has 1 saturated heterocycles. The number of pyridine rings is 1. The van der Waals surface area contributed by atoms with E-state index >= 15 is 0 Å². The van der Waals surface area contributed by atoms with Gasteiger partial charge in [0.05, 0.1) is 11.5 Å². The smallest absolute Gasteiger partial charge is 0.255 e. The van der Waals surface area contributed by atoms with Crippen LogP contribution in [0, 0.1) is 0 Å². The molecule has 0 aliphatic carbocycles. The van der Waals surface area contributed by atoms with Gasteiger partial charge in [-0.25, -0.2) is 0 Å². The quantitative estimate of drug-likeness (QED) is 0.693. The lowest BCUT2D eigenvalue weighted by molar-refractivity contribution is 0.0568. The van der Waals surface area contributed by atoms with Crippen molar-refractivity contribution in [2.75, 3.05) is 13.1 Å². The van der Waals surface area contributed by atoms with Crippen molar-refractivity contribution in [3.05, 3.63) is 64.7 Å². The molecular formula is C17H13BrN4O2. The van der Waals surface area contributed by atoms with E-state index in [0.29, 0.717) is 30.4 Å². The Morgan fingerprint density at radius 1 is 1.21 bits per heavy atom. The van der Waals surface area contributed by atoms with E-state index in [1.165, 1.54) is 0 Å². The highest BCUT2D eigenvalue weighted by Gasteiger charge is 2.36. The van der Waals surface area contributed by atoms with E-state index in [1.807, 2.05) is 30.3 Å². The molecule has 0 unspecified atom stereocenters. The van der Waals surface area contributed by atoms with Crippen LogP contribution in [0.2, 0.25) is 0 Å². The Balaban J connectivity index is 1.43. The van der Waals surface area contributed by atoms with E-state index in [4.69, 9.17) is 4.52 Å². The summed E-state index contributed by atoms with van der Waals surface area (Å²) in [5.41, 5.74) is 1.48. The SMILES string of the molecule is O=C(c1cncc(Br)c1)N1CC(c2nc(-c3ccccc3)no2)C1. The first kappa shape index (κ1) is 15.0. The van der Waals surface area contributed by atoms with E-state index < -0.39 is 0 Å². The summed E-state index contributed by atoms with van der Waals surface area (Å²) >= 11 is 3.33. The van der Waals surface area contributed by atoms with Crippen molar-refractivity contribution in [3.8, 4) is 11.4 Å². The molecular weight excluding hydrogens is 372 g/mol. The number of benzene rings is 1. The first-order valence-corrected chi connectivity index (χ1v) is 8.29. The molecule has 120 valence electrons. The van der Waals surface area contributed by atoms with Crippen LogP contribution in [0.3, 0.4) is 0 Å². The lowest BCUT2D eigenvalue weighted by atomic mass is 9.99. The van der Waals surface area contributed by atoms with Gasteiger partial charge in [0.2, 0.25) is 11.7 Å². The van der Waals surface area contributed by atoms with Gasteiger partial charge in [-0.2, -0.15) is 4.98 Å². The highest BCUT2D eigenvalue weighted by Crippen LogP contribution is 2.29. The largest absolute Gasteiger partial charge is 0.339 e. The second-order valence-electron chi connectivity index (χ2n) is 5.62. The number of aromatic nitrogens is 3. The standard InChI is InChI=1S/C17H13BrN4O2/c18-14-6-12(7-19-8-14)17(23)22-9-13(10-22)16-20-15(21-24-16)11-4-2-1-3-5-11/h1-8,13H,9-10H2. The number of carbonyl (C=O) groups is 1. The van der Waals surface area contributed by atoms with Crippen LogP contribution in [0.4, 0.5) is 0 Å². The Morgan fingerprint density at radius 2 is 2.00 bits per heavy atom. The average molecular weight is 385 g/mol. The second kappa shape index (κ2) is 6.16. The average Bonchev–Trinajstić information content (AvgIpc) is 3.04. The molecule has 1 amide bonds. The molecule has 0 N–H and O–H groups in total. The van der Waals surface area contributed by atoms with Crippen molar-refractivity contribution in [2.24, 2.45) is 0 Å². The third-order valence-electron chi connectivity index (χ3n) is 3.94. The number of likely N-dealkylation sites (tertiary alicyclic amines) is 1. The maximum atomic E-state index is 12.4. The fourth-order valence-corrected chi connectivity index (χ4v) is 2.98. The molecule has 7 heteroatoms. The van der Waals surface area contributed by atoms with Crippen LogP contribution < -0.4 is 0 Å². The molecule has 0 saturated carbocycles. The van der Waals surface area contributed by atoms with Crippen molar-refractivity contribution in [2.45, 2.75) is 5.92 Å². The van der Waals surface area contributed by atoms with Gasteiger partial charge < -0.3 is 9.42 Å². The highest BCUT2D eigenvalue weighted by atomic mass is 79.9. The van der Waals surface area contributed by atoms with Crippen LogP contribution in [0.25, 0.3) is 11.4 Å². The third-order valence-corrected chi connectivity index (χ3v) is 4.38. The van der Waals surface area contributed by atoms with Crippen molar-refractivity contribution >= 4 is 21.8 Å². The molecule has 0 bridgehead atoms. The molecule has 4 rings (SSSR count). The van der Waals surface area contributed by atoms with Gasteiger partial charge in [0.1, 0.15) is 0 Å². The van der Waals surface area contributed by atoms with Crippen LogP contribution in [0.1, 0.15) is 22.2 Å². The van der Waals surface area contributed by atoms with Gasteiger partial charge in [-0.15, -0.1) is 0 Å². The lowest BCUT2D eigenvalue weighted by Crippen LogP contribution is -2.48. The van der Waals surface area contributed by atoms with Crippen LogP contribution in [0.15, 0.2) is 57.8 Å². The van der Waals surface area contributed by atoms with Crippen LogP contribution in [-0.2, 0) is 0 Å². The fraction of sp³-hybridized carbons (Fsp3) is 0.176. The number of nitrogens with zero attached hydrogens (tertiary/aromatic N) is 4. The zero-order valence-electron chi connectivity index (χ0n) is 12.6. The summed E-state index contributed by atoms with van der Waals surface area (Å²) in [6, 6.07) is 11.4. The topological polar surface area (TPSA) is 72.1 Å². The van der Waals surface area contributed by atoms with Gasteiger partial charge in [-0.3, -0.25) is 9.78 Å². The normalized spacial score (nSPS) is 14.5. The zero-order valence-corrected chi connectivity index (χ0v) is 14.2. The number of rotatable bonds is 3. The zero-order chi connectivity index (χ0) is 16.5. The maximum Gasteiger partial charge on any atom is 0.255 e. The van der Waals surface area contributed by atoms with Gasteiger partial charge in [0.15, 0.2) is 0 Å². The minimum Gasteiger partial charge on any atom is -0.339 e. The van der Waals surface area contributed by atoms with Gasteiger partial charge in [-0.05, 0) is 22.0 Å². The van der Waals surface area contributed by atoms with E-state index in [-0.39, 0.29) is 11.8 Å². The third kappa shape index (κ3) is 2.82. The highest BCUT2D eigenvalue weighted by molar-refractivity contribution is 9.10. The summed E-state index contributed by atoms with van der Waals surface area (Å²) in [6.45, 7) is 1.14. The molecule has 3 aromatic rings. The summed E-state index contributed by atoms with van der Waals surface area (Å²) in [5.74, 6) is 1.19. The van der Waals surface area contributed by atoms with E-state index in [1.54, 1.807) is 23.4 Å². The Hall–Kier alpha value is -2.54. The Labute approximate surface area is 146 Å². The maximum absolute atomic E-state index is 12.4.